The second kappa shape index (κ2) is 19.1. The van der Waals surface area contributed by atoms with Crippen LogP contribution in [0.15, 0.2) is 47.5 Å². The Balaban J connectivity index is 1.28. The van der Waals surface area contributed by atoms with Crippen LogP contribution < -0.4 is 25.4 Å². The molecule has 6 N–H and O–H groups in total. The van der Waals surface area contributed by atoms with Gasteiger partial charge in [0.2, 0.25) is 5.96 Å². The standard InChI is InChI=1S/C52H72N4O7/c1-6-33-13-15-36-27-38-11-8-21-52(38)39-28-42(48(60)45(29-39)63-50(32-53-2)22-19-35(30-50)26-47(59)62-5)56-49(54-3)55-23-9-12-37-10-7-20-51(37,46(58)18-16-41(52)40(36)24-33)31-34-14-17-43(57)44(25-34)61-4/h14,16-18,25,28-29,33,35-38,40-41,47,53,57,59-60H,6-8,10-13,15,19-22,24,26-27,30-32H2,1-5H3,(H2,54,55,56)/b18-16+/t33-,35-,36+,37+,38-,40+,41+,47+,50+,51+,52+/m0/s1. The van der Waals surface area contributed by atoms with Crippen molar-refractivity contribution in [3.63, 3.8) is 0 Å². The van der Waals surface area contributed by atoms with E-state index in [1.807, 2.05) is 25.3 Å². The molecule has 2 aromatic rings. The van der Waals surface area contributed by atoms with Gasteiger partial charge in [0.25, 0.3) is 0 Å². The Morgan fingerprint density at radius 3 is 2.59 bits per heavy atom. The maximum atomic E-state index is 15.4. The quantitative estimate of drug-likeness (QED) is 0.0736. The molecule has 2 aromatic carbocycles. The average molecular weight is 865 g/mol. The van der Waals surface area contributed by atoms with Crippen molar-refractivity contribution in [1.82, 2.24) is 10.6 Å². The van der Waals surface area contributed by atoms with Crippen LogP contribution in [0, 0.1) is 58.8 Å². The number of ether oxygens (including phenoxy) is 3. The number of methoxy groups -OCH3 is 2. The van der Waals surface area contributed by atoms with Crippen molar-refractivity contribution < 1.29 is 34.3 Å². The molecular weight excluding hydrogens is 793 g/mol. The monoisotopic (exact) mass is 865 g/mol. The first-order valence-electron chi connectivity index (χ1n) is 24.0. The Morgan fingerprint density at radius 2 is 1.81 bits per heavy atom. The third kappa shape index (κ3) is 8.81. The number of ketones is 1. The number of fused-ring (bicyclic) bond motifs is 5. The van der Waals surface area contributed by atoms with Gasteiger partial charge in [0.05, 0.1) is 12.8 Å². The molecule has 63 heavy (non-hydrogen) atoms. The molecule has 8 rings (SSSR count). The number of guanidine groups is 1. The number of benzene rings is 2. The van der Waals surface area contributed by atoms with Crippen molar-refractivity contribution in [2.75, 3.05) is 40.2 Å². The van der Waals surface area contributed by atoms with Gasteiger partial charge in [0, 0.05) is 50.4 Å². The van der Waals surface area contributed by atoms with Crippen LogP contribution in [0.5, 0.6) is 23.0 Å². The molecule has 0 saturated heterocycles. The predicted octanol–water partition coefficient (Wildman–Crippen LogP) is 8.61. The van der Waals surface area contributed by atoms with E-state index in [2.05, 4.69) is 58.0 Å². The van der Waals surface area contributed by atoms with Crippen molar-refractivity contribution >= 4 is 17.4 Å². The van der Waals surface area contributed by atoms with E-state index in [0.717, 1.165) is 75.3 Å². The number of hydrogen-bond acceptors (Lipinski definition) is 9. The number of likely N-dealkylation sites (N-methyl/N-ethyl adjacent to an activating group) is 1. The molecule has 0 unspecified atom stereocenters. The third-order valence-electron chi connectivity index (χ3n) is 16.9. The zero-order valence-electron chi connectivity index (χ0n) is 38.3. The number of rotatable bonds is 11. The summed E-state index contributed by atoms with van der Waals surface area (Å²) >= 11 is 0. The number of nitrogens with zero attached hydrogens (tertiary/aromatic N) is 1. The maximum absolute atomic E-state index is 15.4. The third-order valence-corrected chi connectivity index (χ3v) is 16.9. The van der Waals surface area contributed by atoms with E-state index in [0.29, 0.717) is 79.0 Å². The number of hydrogen-bond donors (Lipinski definition) is 6. The second-order valence-corrected chi connectivity index (χ2v) is 20.1. The summed E-state index contributed by atoms with van der Waals surface area (Å²) in [4.78, 5) is 20.0. The van der Waals surface area contributed by atoms with Crippen molar-refractivity contribution in [2.45, 2.75) is 133 Å². The van der Waals surface area contributed by atoms with E-state index in [1.165, 1.54) is 26.4 Å². The summed E-state index contributed by atoms with van der Waals surface area (Å²) in [7, 11) is 6.73. The molecule has 1 heterocycles. The van der Waals surface area contributed by atoms with Crippen LogP contribution in [-0.2, 0) is 21.4 Å². The van der Waals surface area contributed by atoms with Crippen molar-refractivity contribution in [2.24, 2.45) is 51.8 Å². The van der Waals surface area contributed by atoms with Crippen molar-refractivity contribution in [1.29, 1.82) is 0 Å². The van der Waals surface area contributed by atoms with E-state index < -0.39 is 17.3 Å². The van der Waals surface area contributed by atoms with Gasteiger partial charge in [0.15, 0.2) is 35.1 Å². The predicted molar refractivity (Wildman–Crippen MR) is 247 cm³/mol. The van der Waals surface area contributed by atoms with Crippen molar-refractivity contribution in [3.05, 3.63) is 53.6 Å². The summed E-state index contributed by atoms with van der Waals surface area (Å²) < 4.78 is 18.0. The van der Waals surface area contributed by atoms with Crippen LogP contribution in [0.4, 0.5) is 5.69 Å². The first-order valence-corrected chi connectivity index (χ1v) is 24.0. The fourth-order valence-corrected chi connectivity index (χ4v) is 13.8. The number of phenols is 2. The molecule has 342 valence electrons. The first-order chi connectivity index (χ1) is 30.5. The fraction of sp³-hybridized carbons (Fsp3) is 0.654. The molecule has 0 aromatic heterocycles. The number of allylic oxidation sites excluding steroid dienone is 2. The molecule has 11 nitrogen and oxygen atoms in total. The highest BCUT2D eigenvalue weighted by molar-refractivity contribution is 5.97. The summed E-state index contributed by atoms with van der Waals surface area (Å²) in [6.07, 6.45) is 19.3. The Kier molecular flexibility index (Phi) is 13.7. The van der Waals surface area contributed by atoms with Crippen LogP contribution in [0.2, 0.25) is 0 Å². The summed E-state index contributed by atoms with van der Waals surface area (Å²) in [5.74, 6) is 7.34. The molecule has 5 saturated carbocycles. The van der Waals surface area contributed by atoms with Gasteiger partial charge in [-0.3, -0.25) is 15.1 Å². The van der Waals surface area contributed by atoms with E-state index in [1.54, 1.807) is 20.2 Å². The number of aromatic hydroxyl groups is 2. The molecular formula is C52H72N4O7. The minimum atomic E-state index is -0.834. The zero-order valence-corrected chi connectivity index (χ0v) is 38.3. The van der Waals surface area contributed by atoms with Gasteiger partial charge < -0.3 is 40.2 Å². The highest BCUT2D eigenvalue weighted by Gasteiger charge is 2.58. The van der Waals surface area contributed by atoms with Crippen LogP contribution in [0.25, 0.3) is 0 Å². The molecule has 0 amide bonds. The number of carbonyl (C=O) groups is 1. The van der Waals surface area contributed by atoms with E-state index >= 15 is 4.79 Å². The number of anilines is 1. The molecule has 1 aliphatic heterocycles. The topological polar surface area (TPSA) is 154 Å². The Hall–Kier alpha value is -4.24. The minimum Gasteiger partial charge on any atom is -0.504 e. The van der Waals surface area contributed by atoms with Gasteiger partial charge in [0.1, 0.15) is 5.60 Å². The van der Waals surface area contributed by atoms with Gasteiger partial charge in [-0.05, 0) is 161 Å². The highest BCUT2D eigenvalue weighted by atomic mass is 16.6. The van der Waals surface area contributed by atoms with E-state index in [9.17, 15) is 15.3 Å². The zero-order chi connectivity index (χ0) is 44.4. The Morgan fingerprint density at radius 1 is 0.984 bits per heavy atom. The van der Waals surface area contributed by atoms with Gasteiger partial charge in [-0.25, -0.2) is 0 Å². The average Bonchev–Trinajstić information content (AvgIpc) is 4.02. The lowest BCUT2D eigenvalue weighted by atomic mass is 9.48. The smallest absolute Gasteiger partial charge is 0.207 e. The lowest BCUT2D eigenvalue weighted by molar-refractivity contribution is -0.125. The first kappa shape index (κ1) is 45.3. The Labute approximate surface area is 375 Å². The highest BCUT2D eigenvalue weighted by Crippen LogP contribution is 2.64. The summed E-state index contributed by atoms with van der Waals surface area (Å²) in [6.45, 7) is 2.92. The fourth-order valence-electron chi connectivity index (χ4n) is 13.8. The number of nitrogens with one attached hydrogen (secondary N) is 3. The van der Waals surface area contributed by atoms with Crippen LogP contribution in [0.1, 0.15) is 121 Å². The summed E-state index contributed by atoms with van der Waals surface area (Å²) in [5, 5.41) is 43.3. The van der Waals surface area contributed by atoms with Gasteiger partial charge in [-0.1, -0.05) is 50.7 Å². The van der Waals surface area contributed by atoms with Gasteiger partial charge >= 0.3 is 0 Å². The number of carbonyl (C=O) groups excluding carboxylic acids is 1. The number of aliphatic imine (C=N–C) groups is 1. The van der Waals surface area contributed by atoms with Crippen LogP contribution >= 0.6 is 0 Å². The maximum Gasteiger partial charge on any atom is 0.207 e. The summed E-state index contributed by atoms with van der Waals surface area (Å²) in [6, 6.07) is 12.9. The largest absolute Gasteiger partial charge is 0.504 e. The number of phenolic OH excluding ortho intramolecular Hbond substituents is 2. The number of aliphatic hydroxyl groups is 1. The lowest BCUT2D eigenvalue weighted by Crippen LogP contribution is -2.51. The second-order valence-electron chi connectivity index (χ2n) is 20.1. The SMILES string of the molecule is CC[C@H]1CC[C@@H]2C[C@@H]3CCC[C@]34c3cc(c(O)c(O[C@]5(CNC)CC[C@@H](C[C@H](O)OC)C5)c3)NC(=NC)NC#CC[C@H]3CCC[C@]3(Cc3ccc(O)c(OC)c3)C(=O)/C=C/[C@@H]4[C@@H]2C1. The molecule has 11 atom stereocenters. The van der Waals surface area contributed by atoms with Crippen LogP contribution in [0.3, 0.4) is 0 Å². The van der Waals surface area contributed by atoms with Gasteiger partial charge in [-0.15, -0.1) is 0 Å². The molecule has 5 aliphatic carbocycles. The summed E-state index contributed by atoms with van der Waals surface area (Å²) in [5.41, 5.74) is 1.07. The Bertz CT molecular complexity index is 2090. The normalized spacial score (nSPS) is 35.5. The molecule has 2 bridgehead atoms. The molecule has 0 radical (unpaired) electrons. The van der Waals surface area contributed by atoms with Gasteiger partial charge in [-0.2, -0.15) is 0 Å². The molecule has 5 fully saturated rings. The van der Waals surface area contributed by atoms with E-state index in [4.69, 9.17) is 14.2 Å². The molecule has 1 spiro atoms. The minimum absolute atomic E-state index is 0.0267. The lowest BCUT2D eigenvalue weighted by Gasteiger charge is -2.55. The number of aliphatic hydroxyl groups excluding tert-OH is 1. The molecule has 11 heteroatoms. The molecule has 6 aliphatic rings. The van der Waals surface area contributed by atoms with E-state index in [-0.39, 0.29) is 40.5 Å². The van der Waals surface area contributed by atoms with Crippen LogP contribution in [-0.4, -0.2) is 73.8 Å². The van der Waals surface area contributed by atoms with Crippen molar-refractivity contribution in [3.8, 4) is 35.0 Å².